The van der Waals surface area contributed by atoms with Gasteiger partial charge in [-0.3, -0.25) is 0 Å². The lowest BCUT2D eigenvalue weighted by atomic mass is 9.93. The first-order valence-electron chi connectivity index (χ1n) is 24.1. The van der Waals surface area contributed by atoms with Crippen LogP contribution in [0.3, 0.4) is 0 Å². The molecule has 0 amide bonds. The van der Waals surface area contributed by atoms with Crippen molar-refractivity contribution in [3.63, 3.8) is 0 Å². The van der Waals surface area contributed by atoms with Crippen molar-refractivity contribution in [3.05, 3.63) is 255 Å². The monoisotopic (exact) mass is 890 g/mol. The smallest absolute Gasteiger partial charge is 0.0620 e. The predicted octanol–water partition coefficient (Wildman–Crippen LogP) is 17.4. The number of para-hydroxylation sites is 10. The molecule has 0 saturated carbocycles. The van der Waals surface area contributed by atoms with Gasteiger partial charge in [-0.25, -0.2) is 0 Å². The van der Waals surface area contributed by atoms with Crippen LogP contribution in [0.25, 0.3) is 132 Å². The summed E-state index contributed by atoms with van der Waals surface area (Å²) in [5, 5.41) is 9.87. The second-order valence-electron chi connectivity index (χ2n) is 18.4. The molecule has 0 aliphatic carbocycles. The van der Waals surface area contributed by atoms with Gasteiger partial charge in [0.2, 0.25) is 0 Å². The molecule has 0 N–H and O–H groups in total. The Labute approximate surface area is 403 Å². The van der Waals surface area contributed by atoms with Crippen LogP contribution in [0.15, 0.2) is 255 Å². The number of aromatic nitrogens is 4. The number of fused-ring (bicyclic) bond motifs is 12. The summed E-state index contributed by atoms with van der Waals surface area (Å²) in [7, 11) is 0. The second-order valence-corrected chi connectivity index (χ2v) is 18.4. The molecular weight excluding hydrogens is 849 g/mol. The number of hydrogen-bond acceptors (Lipinski definition) is 0. The third-order valence-corrected chi connectivity index (χ3v) is 14.8. The van der Waals surface area contributed by atoms with Crippen molar-refractivity contribution in [2.24, 2.45) is 0 Å². The Kier molecular flexibility index (Phi) is 8.33. The fourth-order valence-electron chi connectivity index (χ4n) is 11.9. The lowest BCUT2D eigenvalue weighted by Gasteiger charge is -2.23. The zero-order chi connectivity index (χ0) is 45.9. The zero-order valence-corrected chi connectivity index (χ0v) is 38.0. The maximum Gasteiger partial charge on any atom is 0.0620 e. The van der Waals surface area contributed by atoms with Gasteiger partial charge in [0.1, 0.15) is 0 Å². The van der Waals surface area contributed by atoms with E-state index in [1.54, 1.807) is 0 Å². The second kappa shape index (κ2) is 15.1. The maximum absolute atomic E-state index is 2.53. The quantitative estimate of drug-likeness (QED) is 0.158. The van der Waals surface area contributed by atoms with Gasteiger partial charge in [0.25, 0.3) is 0 Å². The summed E-state index contributed by atoms with van der Waals surface area (Å²) in [6, 6.07) is 93.7. The van der Waals surface area contributed by atoms with Crippen molar-refractivity contribution in [3.8, 4) is 45.0 Å². The first-order chi connectivity index (χ1) is 34.8. The van der Waals surface area contributed by atoms with E-state index >= 15 is 0 Å². The van der Waals surface area contributed by atoms with Crippen molar-refractivity contribution >= 4 is 87.2 Å². The molecule has 4 heterocycles. The molecule has 4 heteroatoms. The van der Waals surface area contributed by atoms with Crippen molar-refractivity contribution in [2.75, 3.05) is 0 Å². The standard InChI is InChI=1S/C66H42N4/c1-10-31-56-44(20-1)45-21-2-11-32-57(45)67(56)43-40-41-53-50-26-5-14-35-60(50)69(65(53)42-43)62-37-16-9-28-52(62)55-30-19-29-54(66(55)70-63-38-17-6-24-48(63)49-25-7-18-39-64(49)70)51-27-8-15-36-61(51)68-58-33-12-3-22-46(58)47-23-4-13-34-59(47)68/h1-42H. The van der Waals surface area contributed by atoms with Gasteiger partial charge in [-0.1, -0.05) is 188 Å². The molecule has 4 aromatic heterocycles. The average Bonchev–Trinajstić information content (AvgIpc) is 4.16. The van der Waals surface area contributed by atoms with Crippen LogP contribution in [0.5, 0.6) is 0 Å². The van der Waals surface area contributed by atoms with Crippen LogP contribution in [-0.2, 0) is 0 Å². The highest BCUT2D eigenvalue weighted by atomic mass is 15.0. The van der Waals surface area contributed by atoms with Crippen molar-refractivity contribution < 1.29 is 0 Å². The highest BCUT2D eigenvalue weighted by Gasteiger charge is 2.25. The highest BCUT2D eigenvalue weighted by molar-refractivity contribution is 6.15. The summed E-state index contributed by atoms with van der Waals surface area (Å²) in [5.41, 5.74) is 18.5. The average molecular weight is 891 g/mol. The van der Waals surface area contributed by atoms with E-state index in [2.05, 4.69) is 273 Å². The molecule has 11 aromatic carbocycles. The van der Waals surface area contributed by atoms with Gasteiger partial charge in [0.05, 0.1) is 61.2 Å². The van der Waals surface area contributed by atoms with Crippen LogP contribution in [0.2, 0.25) is 0 Å². The fourth-order valence-corrected chi connectivity index (χ4v) is 11.9. The zero-order valence-electron chi connectivity index (χ0n) is 38.0. The van der Waals surface area contributed by atoms with Gasteiger partial charge >= 0.3 is 0 Å². The van der Waals surface area contributed by atoms with Crippen LogP contribution < -0.4 is 0 Å². The molecule has 15 rings (SSSR count). The molecule has 326 valence electrons. The minimum atomic E-state index is 1.11. The number of hydrogen-bond donors (Lipinski definition) is 0. The number of benzene rings is 11. The molecule has 4 nitrogen and oxygen atoms in total. The molecule has 0 aliphatic heterocycles. The minimum Gasteiger partial charge on any atom is -0.309 e. The van der Waals surface area contributed by atoms with E-state index < -0.39 is 0 Å². The van der Waals surface area contributed by atoms with E-state index in [1.165, 1.54) is 65.2 Å². The molecule has 0 spiro atoms. The third kappa shape index (κ3) is 5.47. The molecule has 0 radical (unpaired) electrons. The Morgan fingerprint density at radius 3 is 0.871 bits per heavy atom. The van der Waals surface area contributed by atoms with Crippen LogP contribution in [0, 0.1) is 0 Å². The van der Waals surface area contributed by atoms with Crippen molar-refractivity contribution in [2.45, 2.75) is 0 Å². The molecule has 0 atom stereocenters. The fraction of sp³-hybridized carbons (Fsp3) is 0. The lowest BCUT2D eigenvalue weighted by Crippen LogP contribution is -2.05. The van der Waals surface area contributed by atoms with Crippen LogP contribution in [-0.4, -0.2) is 18.3 Å². The Bertz CT molecular complexity index is 4450. The largest absolute Gasteiger partial charge is 0.309 e. The van der Waals surface area contributed by atoms with Gasteiger partial charge in [-0.05, 0) is 66.7 Å². The van der Waals surface area contributed by atoms with Crippen molar-refractivity contribution in [1.29, 1.82) is 0 Å². The Morgan fingerprint density at radius 1 is 0.186 bits per heavy atom. The molecule has 0 saturated heterocycles. The van der Waals surface area contributed by atoms with Crippen LogP contribution in [0.1, 0.15) is 0 Å². The Hall–Kier alpha value is -9.38. The summed E-state index contributed by atoms with van der Waals surface area (Å²) >= 11 is 0. The van der Waals surface area contributed by atoms with Crippen LogP contribution in [0.4, 0.5) is 0 Å². The molecule has 70 heavy (non-hydrogen) atoms. The highest BCUT2D eigenvalue weighted by Crippen LogP contribution is 2.46. The summed E-state index contributed by atoms with van der Waals surface area (Å²) in [6.07, 6.45) is 0. The van der Waals surface area contributed by atoms with Gasteiger partial charge in [0, 0.05) is 71.0 Å². The topological polar surface area (TPSA) is 19.7 Å². The summed E-state index contributed by atoms with van der Waals surface area (Å²) < 4.78 is 9.92. The van der Waals surface area contributed by atoms with E-state index in [0.717, 1.165) is 67.1 Å². The lowest BCUT2D eigenvalue weighted by molar-refractivity contribution is 1.14. The molecular formula is C66H42N4. The minimum absolute atomic E-state index is 1.11. The van der Waals surface area contributed by atoms with Gasteiger partial charge in [-0.2, -0.15) is 0 Å². The number of nitrogens with zero attached hydrogens (tertiary/aromatic N) is 4. The molecule has 0 fully saturated rings. The number of rotatable bonds is 6. The summed E-state index contributed by atoms with van der Waals surface area (Å²) in [4.78, 5) is 0. The first-order valence-corrected chi connectivity index (χ1v) is 24.1. The van der Waals surface area contributed by atoms with Gasteiger partial charge in [0.15, 0.2) is 0 Å². The Morgan fingerprint density at radius 2 is 0.471 bits per heavy atom. The molecule has 15 aromatic rings. The normalized spacial score (nSPS) is 12.0. The van der Waals surface area contributed by atoms with Gasteiger partial charge < -0.3 is 18.3 Å². The van der Waals surface area contributed by atoms with Crippen LogP contribution >= 0.6 is 0 Å². The van der Waals surface area contributed by atoms with Crippen molar-refractivity contribution in [1.82, 2.24) is 18.3 Å². The summed E-state index contributed by atoms with van der Waals surface area (Å²) in [5.74, 6) is 0. The molecule has 0 unspecified atom stereocenters. The molecule has 0 aliphatic rings. The van der Waals surface area contributed by atoms with E-state index in [-0.39, 0.29) is 0 Å². The summed E-state index contributed by atoms with van der Waals surface area (Å²) in [6.45, 7) is 0. The van der Waals surface area contributed by atoms with E-state index in [9.17, 15) is 0 Å². The van der Waals surface area contributed by atoms with E-state index in [1.807, 2.05) is 0 Å². The van der Waals surface area contributed by atoms with E-state index in [0.29, 0.717) is 0 Å². The van der Waals surface area contributed by atoms with E-state index in [4.69, 9.17) is 0 Å². The third-order valence-electron chi connectivity index (χ3n) is 14.8. The SMILES string of the molecule is c1ccc(-n2c3ccccc3c3ccccc32)c(-c2cccc(-c3ccccc3-n3c4ccccc4c4ccc(-n5c6ccccc6c6ccccc65)cc43)c2-n2c3ccccc3c3ccccc32)c1. The van der Waals surface area contributed by atoms with Gasteiger partial charge in [-0.15, -0.1) is 0 Å². The first kappa shape index (κ1) is 38.7. The Balaban J connectivity index is 1.05. The maximum atomic E-state index is 2.53. The molecule has 0 bridgehead atoms. The predicted molar refractivity (Wildman–Crippen MR) is 295 cm³/mol.